The summed E-state index contributed by atoms with van der Waals surface area (Å²) in [5, 5.41) is 1.07. The van der Waals surface area contributed by atoms with Crippen LogP contribution in [0.3, 0.4) is 0 Å². The fourth-order valence-corrected chi connectivity index (χ4v) is 4.85. The highest BCUT2D eigenvalue weighted by atomic mass is 32.2. The maximum absolute atomic E-state index is 11.5. The number of sulfone groups is 1. The summed E-state index contributed by atoms with van der Waals surface area (Å²) >= 11 is 0. The van der Waals surface area contributed by atoms with Gasteiger partial charge in [-0.05, 0) is 30.4 Å². The van der Waals surface area contributed by atoms with Crippen molar-refractivity contribution >= 4 is 20.7 Å². The summed E-state index contributed by atoms with van der Waals surface area (Å²) < 4.78 is 23.0. The highest BCUT2D eigenvalue weighted by molar-refractivity contribution is 7.91. The summed E-state index contributed by atoms with van der Waals surface area (Å²) in [7, 11) is -2.84. The van der Waals surface area contributed by atoms with E-state index in [-0.39, 0.29) is 17.7 Å². The zero-order valence-electron chi connectivity index (χ0n) is 11.2. The minimum absolute atomic E-state index is 0.160. The van der Waals surface area contributed by atoms with Crippen molar-refractivity contribution in [1.82, 2.24) is 4.98 Å². The molecule has 3 rings (SSSR count). The third-order valence-corrected chi connectivity index (χ3v) is 5.81. The first-order chi connectivity index (χ1) is 9.55. The lowest BCUT2D eigenvalue weighted by Crippen LogP contribution is -2.17. The molecular formula is C15H18N2O2S. The summed E-state index contributed by atoms with van der Waals surface area (Å²) in [6.45, 7) is 0. The minimum Gasteiger partial charge on any atom is -0.324 e. The first kappa shape index (κ1) is 13.5. The quantitative estimate of drug-likeness (QED) is 0.939. The fourth-order valence-electron chi connectivity index (χ4n) is 2.97. The summed E-state index contributed by atoms with van der Waals surface area (Å²) in [6.07, 6.45) is 3.20. The number of fused-ring (bicyclic) bond motifs is 1. The molecule has 0 bridgehead atoms. The van der Waals surface area contributed by atoms with Crippen LogP contribution in [0.15, 0.2) is 36.5 Å². The van der Waals surface area contributed by atoms with E-state index < -0.39 is 9.84 Å². The standard InChI is InChI=1S/C15H18N2O2S/c16-14(9-11-6-8-20(18,19)10-11)13-5-1-3-12-4-2-7-17-15(12)13/h1-5,7,11,14H,6,8-10,16H2. The van der Waals surface area contributed by atoms with Gasteiger partial charge < -0.3 is 5.73 Å². The van der Waals surface area contributed by atoms with E-state index in [1.807, 2.05) is 30.3 Å². The Labute approximate surface area is 118 Å². The van der Waals surface area contributed by atoms with Gasteiger partial charge in [-0.1, -0.05) is 24.3 Å². The van der Waals surface area contributed by atoms with Crippen LogP contribution in [0.4, 0.5) is 0 Å². The molecule has 2 heterocycles. The molecule has 5 heteroatoms. The Hall–Kier alpha value is -1.46. The van der Waals surface area contributed by atoms with Crippen LogP contribution >= 0.6 is 0 Å². The number of hydrogen-bond donors (Lipinski definition) is 1. The van der Waals surface area contributed by atoms with Crippen molar-refractivity contribution in [2.75, 3.05) is 11.5 Å². The van der Waals surface area contributed by atoms with Crippen molar-refractivity contribution in [3.05, 3.63) is 42.1 Å². The second-order valence-electron chi connectivity index (χ2n) is 5.53. The second kappa shape index (κ2) is 5.14. The molecule has 106 valence electrons. The van der Waals surface area contributed by atoms with Crippen molar-refractivity contribution in [3.63, 3.8) is 0 Å². The maximum atomic E-state index is 11.5. The Morgan fingerprint density at radius 3 is 2.85 bits per heavy atom. The minimum atomic E-state index is -2.84. The van der Waals surface area contributed by atoms with E-state index in [1.54, 1.807) is 6.20 Å². The van der Waals surface area contributed by atoms with Crippen molar-refractivity contribution in [2.24, 2.45) is 11.7 Å². The predicted octanol–water partition coefficient (Wildman–Crippen LogP) is 2.06. The van der Waals surface area contributed by atoms with Gasteiger partial charge in [0.2, 0.25) is 0 Å². The lowest BCUT2D eigenvalue weighted by molar-refractivity contribution is 0.483. The number of para-hydroxylation sites is 1. The third-order valence-electron chi connectivity index (χ3n) is 3.98. The Bertz CT molecular complexity index is 722. The van der Waals surface area contributed by atoms with Gasteiger partial charge in [0.15, 0.2) is 9.84 Å². The highest BCUT2D eigenvalue weighted by Gasteiger charge is 2.29. The lowest BCUT2D eigenvalue weighted by atomic mass is 9.93. The van der Waals surface area contributed by atoms with Gasteiger partial charge in [-0.3, -0.25) is 4.98 Å². The molecule has 1 aromatic heterocycles. The van der Waals surface area contributed by atoms with E-state index in [2.05, 4.69) is 4.98 Å². The SMILES string of the molecule is NC(CC1CCS(=O)(=O)C1)c1cccc2cccnc12. The van der Waals surface area contributed by atoms with Gasteiger partial charge in [-0.25, -0.2) is 8.42 Å². The molecule has 0 aliphatic carbocycles. The first-order valence-corrected chi connectivity index (χ1v) is 8.67. The van der Waals surface area contributed by atoms with E-state index in [0.717, 1.165) is 22.9 Å². The number of benzene rings is 1. The van der Waals surface area contributed by atoms with Crippen LogP contribution in [0, 0.1) is 5.92 Å². The molecule has 0 amide bonds. The number of aromatic nitrogens is 1. The molecule has 20 heavy (non-hydrogen) atoms. The molecule has 0 saturated carbocycles. The molecular weight excluding hydrogens is 272 g/mol. The Morgan fingerprint density at radius 2 is 2.10 bits per heavy atom. The fraction of sp³-hybridized carbons (Fsp3) is 0.400. The number of hydrogen-bond acceptors (Lipinski definition) is 4. The van der Waals surface area contributed by atoms with Crippen LogP contribution in [0.25, 0.3) is 10.9 Å². The summed E-state index contributed by atoms with van der Waals surface area (Å²) in [5.41, 5.74) is 8.22. The smallest absolute Gasteiger partial charge is 0.150 e. The summed E-state index contributed by atoms with van der Waals surface area (Å²) in [6, 6.07) is 9.73. The Balaban J connectivity index is 1.84. The number of nitrogens with two attached hydrogens (primary N) is 1. The van der Waals surface area contributed by atoms with Crippen molar-refractivity contribution in [2.45, 2.75) is 18.9 Å². The summed E-state index contributed by atoms with van der Waals surface area (Å²) in [5.74, 6) is 0.755. The molecule has 2 N–H and O–H groups in total. The lowest BCUT2D eigenvalue weighted by Gasteiger charge is -2.17. The topological polar surface area (TPSA) is 73.1 Å². The first-order valence-electron chi connectivity index (χ1n) is 6.85. The van der Waals surface area contributed by atoms with Crippen molar-refractivity contribution < 1.29 is 8.42 Å². The van der Waals surface area contributed by atoms with E-state index in [1.165, 1.54) is 0 Å². The highest BCUT2D eigenvalue weighted by Crippen LogP contribution is 2.30. The van der Waals surface area contributed by atoms with Crippen molar-refractivity contribution in [3.8, 4) is 0 Å². The molecule has 2 aromatic rings. The van der Waals surface area contributed by atoms with Gasteiger partial charge in [-0.15, -0.1) is 0 Å². The average Bonchev–Trinajstić information content (AvgIpc) is 2.77. The third kappa shape index (κ3) is 2.69. The van der Waals surface area contributed by atoms with Crippen LogP contribution < -0.4 is 5.73 Å². The van der Waals surface area contributed by atoms with E-state index in [4.69, 9.17) is 5.73 Å². The van der Waals surface area contributed by atoms with Crippen LogP contribution in [0.5, 0.6) is 0 Å². The zero-order valence-corrected chi connectivity index (χ0v) is 12.0. The van der Waals surface area contributed by atoms with Gasteiger partial charge in [0, 0.05) is 17.6 Å². The van der Waals surface area contributed by atoms with Gasteiger partial charge in [0.05, 0.1) is 17.0 Å². The van der Waals surface area contributed by atoms with Crippen LogP contribution in [-0.4, -0.2) is 24.9 Å². The monoisotopic (exact) mass is 290 g/mol. The normalized spacial score (nSPS) is 22.9. The second-order valence-corrected chi connectivity index (χ2v) is 7.76. The molecule has 2 unspecified atom stereocenters. The molecule has 1 aliphatic heterocycles. The molecule has 0 spiro atoms. The number of rotatable bonds is 3. The van der Waals surface area contributed by atoms with Gasteiger partial charge in [0.1, 0.15) is 0 Å². The van der Waals surface area contributed by atoms with E-state index in [9.17, 15) is 8.42 Å². The van der Waals surface area contributed by atoms with E-state index in [0.29, 0.717) is 12.2 Å². The number of nitrogens with zero attached hydrogens (tertiary/aromatic N) is 1. The van der Waals surface area contributed by atoms with Crippen LogP contribution in [0.2, 0.25) is 0 Å². The van der Waals surface area contributed by atoms with Gasteiger partial charge in [0.25, 0.3) is 0 Å². The van der Waals surface area contributed by atoms with Crippen LogP contribution in [-0.2, 0) is 9.84 Å². The Kier molecular flexibility index (Phi) is 3.48. The maximum Gasteiger partial charge on any atom is 0.150 e. The molecule has 1 fully saturated rings. The number of pyridine rings is 1. The average molecular weight is 290 g/mol. The van der Waals surface area contributed by atoms with Crippen molar-refractivity contribution in [1.29, 1.82) is 0 Å². The van der Waals surface area contributed by atoms with E-state index >= 15 is 0 Å². The Morgan fingerprint density at radius 1 is 1.30 bits per heavy atom. The molecule has 1 aliphatic rings. The van der Waals surface area contributed by atoms with Gasteiger partial charge in [-0.2, -0.15) is 0 Å². The summed E-state index contributed by atoms with van der Waals surface area (Å²) in [4.78, 5) is 4.41. The molecule has 4 nitrogen and oxygen atoms in total. The predicted molar refractivity (Wildman–Crippen MR) is 80.0 cm³/mol. The van der Waals surface area contributed by atoms with Crippen LogP contribution in [0.1, 0.15) is 24.4 Å². The largest absolute Gasteiger partial charge is 0.324 e. The zero-order chi connectivity index (χ0) is 14.2. The van der Waals surface area contributed by atoms with Gasteiger partial charge >= 0.3 is 0 Å². The molecule has 2 atom stereocenters. The molecule has 1 aromatic carbocycles. The molecule has 1 saturated heterocycles. The molecule has 0 radical (unpaired) electrons.